The maximum Gasteiger partial charge on any atom is 0.271 e. The van der Waals surface area contributed by atoms with Gasteiger partial charge in [0.2, 0.25) is 11.6 Å². The molecule has 0 radical (unpaired) electrons. The first-order valence-electron chi connectivity index (χ1n) is 12.1. The molecule has 0 saturated heterocycles. The van der Waals surface area contributed by atoms with E-state index in [-0.39, 0.29) is 23.0 Å². The van der Waals surface area contributed by atoms with Crippen LogP contribution >= 0.6 is 11.6 Å². The average Bonchev–Trinajstić information content (AvgIpc) is 3.29. The van der Waals surface area contributed by atoms with Crippen LogP contribution in [-0.2, 0) is 0 Å². The molecular weight excluding hydrogens is 498 g/mol. The Balaban J connectivity index is 1.74. The highest BCUT2D eigenvalue weighted by Crippen LogP contribution is 2.31. The van der Waals surface area contributed by atoms with Crippen LogP contribution in [0.1, 0.15) is 28.7 Å². The number of carbonyl (C=O) groups is 1. The van der Waals surface area contributed by atoms with Crippen molar-refractivity contribution in [2.45, 2.75) is 20.8 Å². The third-order valence-corrected chi connectivity index (χ3v) is 6.77. The van der Waals surface area contributed by atoms with E-state index in [9.17, 15) is 9.59 Å². The van der Waals surface area contributed by atoms with Gasteiger partial charge < -0.3 is 0 Å². The number of carbonyl (C=O) groups excluding carboxylic acids is 1. The molecule has 0 aliphatic rings. The zero-order valence-electron chi connectivity index (χ0n) is 20.9. The van der Waals surface area contributed by atoms with Crippen LogP contribution in [0.25, 0.3) is 44.9 Å². The van der Waals surface area contributed by atoms with E-state index in [4.69, 9.17) is 21.6 Å². The largest absolute Gasteiger partial charge is 0.291 e. The number of aryl methyl sites for hydroxylation is 2. The Labute approximate surface area is 223 Å². The lowest BCUT2D eigenvalue weighted by Crippen LogP contribution is -2.20. The van der Waals surface area contributed by atoms with Crippen molar-refractivity contribution in [3.63, 3.8) is 0 Å². The number of hydrogen-bond donors (Lipinski definition) is 0. The summed E-state index contributed by atoms with van der Waals surface area (Å²) in [6.45, 7) is 5.42. The van der Waals surface area contributed by atoms with Crippen LogP contribution < -0.4 is 5.56 Å². The molecule has 6 aromatic rings. The average molecular weight is 520 g/mol. The molecule has 3 aromatic heterocycles. The highest BCUT2D eigenvalue weighted by atomic mass is 35.5. The first-order chi connectivity index (χ1) is 18.3. The number of ketones is 1. The number of fused-ring (bicyclic) bond motifs is 2. The third kappa shape index (κ3) is 3.97. The van der Waals surface area contributed by atoms with Gasteiger partial charge in [0.15, 0.2) is 11.4 Å². The molecular formula is C30H22ClN5O2. The lowest BCUT2D eigenvalue weighted by atomic mass is 9.99. The van der Waals surface area contributed by atoms with E-state index in [1.165, 1.54) is 16.0 Å². The minimum Gasteiger partial charge on any atom is -0.291 e. The van der Waals surface area contributed by atoms with E-state index in [1.54, 1.807) is 24.3 Å². The van der Waals surface area contributed by atoms with Crippen molar-refractivity contribution in [2.75, 3.05) is 0 Å². The SMILES string of the molecule is CC(=O)c1nn(-c2ccc(Cl)cc2)c2nc3nc(-c4ccc(C)cc4)cc(-c4ccc(C)cc4)c3c(=O)n12. The molecule has 7 nitrogen and oxygen atoms in total. The molecule has 186 valence electrons. The van der Waals surface area contributed by atoms with E-state index >= 15 is 0 Å². The number of nitrogens with zero attached hydrogens (tertiary/aromatic N) is 5. The molecule has 0 unspecified atom stereocenters. The predicted molar refractivity (Wildman–Crippen MR) is 149 cm³/mol. The second-order valence-electron chi connectivity index (χ2n) is 9.31. The Hall–Kier alpha value is -4.62. The second-order valence-corrected chi connectivity index (χ2v) is 9.74. The van der Waals surface area contributed by atoms with Crippen LogP contribution in [0, 0.1) is 13.8 Å². The van der Waals surface area contributed by atoms with Crippen molar-refractivity contribution < 1.29 is 4.79 Å². The summed E-state index contributed by atoms with van der Waals surface area (Å²) < 4.78 is 2.74. The van der Waals surface area contributed by atoms with Gasteiger partial charge in [0.1, 0.15) is 0 Å². The normalized spacial score (nSPS) is 11.4. The Morgan fingerprint density at radius 2 is 1.42 bits per heavy atom. The first-order valence-corrected chi connectivity index (χ1v) is 12.5. The van der Waals surface area contributed by atoms with Gasteiger partial charge in [-0.15, -0.1) is 5.10 Å². The van der Waals surface area contributed by atoms with Crippen molar-refractivity contribution in [1.82, 2.24) is 24.1 Å². The summed E-state index contributed by atoms with van der Waals surface area (Å²) in [5.74, 6) is -0.169. The van der Waals surface area contributed by atoms with E-state index in [1.807, 2.05) is 68.4 Å². The summed E-state index contributed by atoms with van der Waals surface area (Å²) in [6.07, 6.45) is 0. The van der Waals surface area contributed by atoms with E-state index in [0.717, 1.165) is 22.3 Å². The topological polar surface area (TPSA) is 82.2 Å². The van der Waals surface area contributed by atoms with Crippen molar-refractivity contribution in [1.29, 1.82) is 0 Å². The van der Waals surface area contributed by atoms with Crippen LogP contribution in [0.5, 0.6) is 0 Å². The van der Waals surface area contributed by atoms with Crippen LogP contribution in [-0.4, -0.2) is 29.9 Å². The molecule has 0 amide bonds. The molecule has 0 saturated carbocycles. The maximum atomic E-state index is 14.1. The highest BCUT2D eigenvalue weighted by Gasteiger charge is 2.23. The number of rotatable bonds is 4. The molecule has 8 heteroatoms. The van der Waals surface area contributed by atoms with Crippen LogP contribution in [0.15, 0.2) is 83.7 Å². The van der Waals surface area contributed by atoms with Gasteiger partial charge in [-0.2, -0.15) is 9.67 Å². The predicted octanol–water partition coefficient (Wildman–Crippen LogP) is 6.24. The molecule has 3 aromatic carbocycles. The first kappa shape index (κ1) is 23.8. The molecule has 0 atom stereocenters. The van der Waals surface area contributed by atoms with Gasteiger partial charge in [-0.25, -0.2) is 9.38 Å². The highest BCUT2D eigenvalue weighted by molar-refractivity contribution is 6.30. The fraction of sp³-hybridized carbons (Fsp3) is 0.100. The minimum atomic E-state index is -0.408. The monoisotopic (exact) mass is 519 g/mol. The summed E-state index contributed by atoms with van der Waals surface area (Å²) in [4.78, 5) is 36.4. The fourth-order valence-electron chi connectivity index (χ4n) is 4.50. The molecule has 0 aliphatic carbocycles. The Kier molecular flexibility index (Phi) is 5.65. The third-order valence-electron chi connectivity index (χ3n) is 6.52. The lowest BCUT2D eigenvalue weighted by Gasteiger charge is -2.11. The van der Waals surface area contributed by atoms with E-state index < -0.39 is 5.56 Å². The molecule has 0 aliphatic heterocycles. The molecule has 6 rings (SSSR count). The van der Waals surface area contributed by atoms with Crippen LogP contribution in [0.3, 0.4) is 0 Å². The van der Waals surface area contributed by atoms with Gasteiger partial charge in [0.25, 0.3) is 5.56 Å². The number of aromatic nitrogens is 5. The number of Topliss-reactive ketones (excluding diaryl/α,β-unsaturated/α-hetero) is 1. The number of halogens is 1. The molecule has 38 heavy (non-hydrogen) atoms. The van der Waals surface area contributed by atoms with Crippen molar-refractivity contribution in [3.8, 4) is 28.1 Å². The zero-order valence-corrected chi connectivity index (χ0v) is 21.7. The smallest absolute Gasteiger partial charge is 0.271 e. The summed E-state index contributed by atoms with van der Waals surface area (Å²) >= 11 is 6.08. The Morgan fingerprint density at radius 3 is 2.03 bits per heavy atom. The minimum absolute atomic E-state index is 0.00758. The second kappa shape index (κ2) is 9.04. The van der Waals surface area contributed by atoms with Gasteiger partial charge in [-0.1, -0.05) is 71.3 Å². The van der Waals surface area contributed by atoms with Crippen molar-refractivity contribution in [2.24, 2.45) is 0 Å². The van der Waals surface area contributed by atoms with E-state index in [0.29, 0.717) is 27.4 Å². The van der Waals surface area contributed by atoms with Gasteiger partial charge in [-0.3, -0.25) is 9.59 Å². The number of pyridine rings is 1. The van der Waals surface area contributed by atoms with Crippen molar-refractivity contribution >= 4 is 34.2 Å². The quantitative estimate of drug-likeness (QED) is 0.258. The Bertz CT molecular complexity index is 1920. The van der Waals surface area contributed by atoms with Gasteiger partial charge >= 0.3 is 0 Å². The molecule has 0 spiro atoms. The summed E-state index contributed by atoms with van der Waals surface area (Å²) in [5, 5.41) is 5.35. The van der Waals surface area contributed by atoms with Gasteiger partial charge in [-0.05, 0) is 49.7 Å². The summed E-state index contributed by atoms with van der Waals surface area (Å²) in [7, 11) is 0. The van der Waals surface area contributed by atoms with Crippen molar-refractivity contribution in [3.05, 3.63) is 111 Å². The fourth-order valence-corrected chi connectivity index (χ4v) is 4.63. The van der Waals surface area contributed by atoms with Crippen LogP contribution in [0.4, 0.5) is 0 Å². The summed E-state index contributed by atoms with van der Waals surface area (Å²) in [5.41, 5.74) is 5.84. The molecule has 3 heterocycles. The summed E-state index contributed by atoms with van der Waals surface area (Å²) in [6, 6.07) is 24.8. The standard InChI is InChI=1S/C30H22ClN5O2/c1-17-4-8-20(9-5-17)24-16-25(21-10-6-18(2)7-11-21)32-27-26(24)29(38)35-28(19(3)37)34-36(30(35)33-27)23-14-12-22(31)13-15-23/h4-16H,1-3H3. The maximum absolute atomic E-state index is 14.1. The number of benzene rings is 3. The van der Waals surface area contributed by atoms with E-state index in [2.05, 4.69) is 5.10 Å². The number of hydrogen-bond acceptors (Lipinski definition) is 5. The van der Waals surface area contributed by atoms with Gasteiger partial charge in [0.05, 0.1) is 16.8 Å². The molecule has 0 bridgehead atoms. The van der Waals surface area contributed by atoms with Crippen LogP contribution in [0.2, 0.25) is 5.02 Å². The molecule has 0 fully saturated rings. The molecule has 0 N–H and O–H groups in total. The Morgan fingerprint density at radius 1 is 0.816 bits per heavy atom. The zero-order chi connectivity index (χ0) is 26.6. The lowest BCUT2D eigenvalue weighted by molar-refractivity contribution is 0.100. The van der Waals surface area contributed by atoms with Gasteiger partial charge in [0, 0.05) is 23.1 Å².